The van der Waals surface area contributed by atoms with Gasteiger partial charge < -0.3 is 4.57 Å². The van der Waals surface area contributed by atoms with Crippen LogP contribution in [-0.2, 0) is 23.6 Å². The Hall–Kier alpha value is -1.70. The van der Waals surface area contributed by atoms with E-state index >= 15 is 0 Å². The highest BCUT2D eigenvalue weighted by molar-refractivity contribution is 7.89. The number of nitrogens with zero attached hydrogens (tertiary/aromatic N) is 3. The molecule has 0 spiro atoms. The average Bonchev–Trinajstić information content (AvgIpc) is 3.03. The Bertz CT molecular complexity index is 750. The topological polar surface area (TPSA) is 67.2 Å². The molecule has 1 saturated heterocycles. The molecule has 0 atom stereocenters. The molecule has 24 heavy (non-hydrogen) atoms. The molecule has 6 nitrogen and oxygen atoms in total. The van der Waals surface area contributed by atoms with Crippen LogP contribution >= 0.6 is 0 Å². The van der Waals surface area contributed by atoms with Crippen molar-refractivity contribution in [3.8, 4) is 0 Å². The van der Waals surface area contributed by atoms with Gasteiger partial charge in [0, 0.05) is 26.3 Å². The van der Waals surface area contributed by atoms with Gasteiger partial charge in [-0.05, 0) is 37.4 Å². The lowest BCUT2D eigenvalue weighted by Crippen LogP contribution is -2.38. The van der Waals surface area contributed by atoms with E-state index in [4.69, 9.17) is 0 Å². The van der Waals surface area contributed by atoms with Crippen molar-refractivity contribution in [1.29, 1.82) is 0 Å². The van der Waals surface area contributed by atoms with Gasteiger partial charge in [-0.1, -0.05) is 30.3 Å². The van der Waals surface area contributed by atoms with E-state index in [0.717, 1.165) is 32.5 Å². The number of hydrogen-bond acceptors (Lipinski definition) is 4. The molecule has 0 saturated carbocycles. The van der Waals surface area contributed by atoms with Gasteiger partial charge in [0.2, 0.25) is 0 Å². The Morgan fingerprint density at radius 3 is 2.54 bits per heavy atom. The highest BCUT2D eigenvalue weighted by Crippen LogP contribution is 2.19. The summed E-state index contributed by atoms with van der Waals surface area (Å²) in [5.41, 5.74) is 1.33. The zero-order valence-electron chi connectivity index (χ0n) is 13.9. The van der Waals surface area contributed by atoms with E-state index in [1.54, 1.807) is 11.6 Å². The van der Waals surface area contributed by atoms with Crippen LogP contribution < -0.4 is 4.72 Å². The first-order chi connectivity index (χ1) is 11.5. The van der Waals surface area contributed by atoms with Crippen LogP contribution in [0.4, 0.5) is 0 Å². The highest BCUT2D eigenvalue weighted by atomic mass is 32.2. The standard InChI is InChI=1S/C17H24N4O2S/c1-20-13-17(18-14-20)24(22,23)19-11-15-7-9-21(10-8-15)12-16-5-3-2-4-6-16/h2-6,13-15,19H,7-12H2,1H3. The van der Waals surface area contributed by atoms with Crippen molar-refractivity contribution >= 4 is 10.0 Å². The van der Waals surface area contributed by atoms with E-state index in [0.29, 0.717) is 12.5 Å². The SMILES string of the molecule is Cn1cnc(S(=O)(=O)NCC2CCN(Cc3ccccc3)CC2)c1. The van der Waals surface area contributed by atoms with Crippen LogP contribution in [0.5, 0.6) is 0 Å². The molecule has 2 aromatic rings. The fourth-order valence-electron chi connectivity index (χ4n) is 3.02. The zero-order valence-corrected chi connectivity index (χ0v) is 14.7. The third kappa shape index (κ3) is 4.43. The fourth-order valence-corrected chi connectivity index (χ4v) is 4.11. The molecule has 1 N–H and O–H groups in total. The molecule has 1 aliphatic heterocycles. The van der Waals surface area contributed by atoms with E-state index in [-0.39, 0.29) is 5.03 Å². The molecular weight excluding hydrogens is 324 g/mol. The summed E-state index contributed by atoms with van der Waals surface area (Å²) < 4.78 is 28.7. The van der Waals surface area contributed by atoms with Crippen LogP contribution in [0.1, 0.15) is 18.4 Å². The summed E-state index contributed by atoms with van der Waals surface area (Å²) in [6, 6.07) is 10.5. The van der Waals surface area contributed by atoms with Gasteiger partial charge in [-0.2, -0.15) is 0 Å². The van der Waals surface area contributed by atoms with Crippen LogP contribution in [0.15, 0.2) is 47.9 Å². The number of sulfonamides is 1. The Kier molecular flexibility index (Phi) is 5.33. The van der Waals surface area contributed by atoms with Crippen molar-refractivity contribution in [2.24, 2.45) is 13.0 Å². The van der Waals surface area contributed by atoms with Gasteiger partial charge in [-0.3, -0.25) is 4.90 Å². The lowest BCUT2D eigenvalue weighted by atomic mass is 9.97. The Morgan fingerprint density at radius 1 is 1.21 bits per heavy atom. The van der Waals surface area contributed by atoms with Crippen molar-refractivity contribution < 1.29 is 8.42 Å². The van der Waals surface area contributed by atoms with Gasteiger partial charge in [-0.25, -0.2) is 18.1 Å². The van der Waals surface area contributed by atoms with Gasteiger partial charge in [0.1, 0.15) is 0 Å². The molecule has 1 fully saturated rings. The predicted octanol–water partition coefficient (Wildman–Crippen LogP) is 1.61. The number of aromatic nitrogens is 2. The first-order valence-corrected chi connectivity index (χ1v) is 9.75. The molecular formula is C17H24N4O2S. The smallest absolute Gasteiger partial charge is 0.259 e. The van der Waals surface area contributed by atoms with E-state index < -0.39 is 10.0 Å². The second kappa shape index (κ2) is 7.46. The number of benzene rings is 1. The second-order valence-corrected chi connectivity index (χ2v) is 8.15. The lowest BCUT2D eigenvalue weighted by Gasteiger charge is -2.32. The largest absolute Gasteiger partial charge is 0.339 e. The van der Waals surface area contributed by atoms with E-state index in [1.807, 2.05) is 6.07 Å². The maximum absolute atomic E-state index is 12.2. The van der Waals surface area contributed by atoms with Gasteiger partial charge in [-0.15, -0.1) is 0 Å². The van der Waals surface area contributed by atoms with Crippen LogP contribution in [-0.4, -0.2) is 42.5 Å². The van der Waals surface area contributed by atoms with E-state index in [9.17, 15) is 8.42 Å². The minimum Gasteiger partial charge on any atom is -0.339 e. The number of piperidine rings is 1. The molecule has 1 aliphatic rings. The van der Waals surface area contributed by atoms with Crippen molar-refractivity contribution in [3.63, 3.8) is 0 Å². The highest BCUT2D eigenvalue weighted by Gasteiger charge is 2.23. The van der Waals surface area contributed by atoms with Crippen LogP contribution in [0, 0.1) is 5.92 Å². The molecule has 0 radical (unpaired) electrons. The summed E-state index contributed by atoms with van der Waals surface area (Å²) in [5, 5.41) is 0.0894. The number of likely N-dealkylation sites (tertiary alicyclic amines) is 1. The van der Waals surface area contributed by atoms with E-state index in [2.05, 4.69) is 38.9 Å². The van der Waals surface area contributed by atoms with Crippen LogP contribution in [0.3, 0.4) is 0 Å². The molecule has 0 bridgehead atoms. The average molecular weight is 348 g/mol. The Morgan fingerprint density at radius 2 is 1.92 bits per heavy atom. The molecule has 0 amide bonds. The number of imidazole rings is 1. The molecule has 3 rings (SSSR count). The minimum atomic E-state index is -3.50. The fraction of sp³-hybridized carbons (Fsp3) is 0.471. The number of rotatable bonds is 6. The van der Waals surface area contributed by atoms with Gasteiger partial charge in [0.25, 0.3) is 10.0 Å². The molecule has 2 heterocycles. The molecule has 1 aromatic carbocycles. The molecule has 7 heteroatoms. The summed E-state index contributed by atoms with van der Waals surface area (Å²) in [4.78, 5) is 6.34. The Balaban J connectivity index is 1.46. The van der Waals surface area contributed by atoms with Gasteiger partial charge in [0.15, 0.2) is 5.03 Å². The summed E-state index contributed by atoms with van der Waals surface area (Å²) in [6.07, 6.45) is 5.04. The lowest BCUT2D eigenvalue weighted by molar-refractivity contribution is 0.178. The van der Waals surface area contributed by atoms with Crippen LogP contribution in [0.25, 0.3) is 0 Å². The summed E-state index contributed by atoms with van der Waals surface area (Å²) in [7, 11) is -1.74. The van der Waals surface area contributed by atoms with Crippen molar-refractivity contribution in [1.82, 2.24) is 19.2 Å². The number of aryl methyl sites for hydroxylation is 1. The summed E-state index contributed by atoms with van der Waals surface area (Å²) in [5.74, 6) is 0.385. The van der Waals surface area contributed by atoms with Crippen molar-refractivity contribution in [3.05, 3.63) is 48.4 Å². The third-order valence-electron chi connectivity index (χ3n) is 4.47. The normalized spacial score (nSPS) is 17.2. The number of hydrogen-bond donors (Lipinski definition) is 1. The third-order valence-corrected chi connectivity index (χ3v) is 5.78. The molecule has 0 unspecified atom stereocenters. The van der Waals surface area contributed by atoms with E-state index in [1.165, 1.54) is 18.1 Å². The zero-order chi connectivity index (χ0) is 17.0. The maximum Gasteiger partial charge on any atom is 0.259 e. The first-order valence-electron chi connectivity index (χ1n) is 8.27. The maximum atomic E-state index is 12.2. The predicted molar refractivity (Wildman–Crippen MR) is 92.8 cm³/mol. The Labute approximate surface area is 143 Å². The van der Waals surface area contributed by atoms with Gasteiger partial charge in [0.05, 0.1) is 6.33 Å². The first kappa shape index (κ1) is 17.1. The van der Waals surface area contributed by atoms with Gasteiger partial charge >= 0.3 is 0 Å². The summed E-state index contributed by atoms with van der Waals surface area (Å²) in [6.45, 7) is 3.46. The monoisotopic (exact) mass is 348 g/mol. The molecule has 1 aromatic heterocycles. The second-order valence-electron chi connectivity index (χ2n) is 6.43. The molecule has 130 valence electrons. The number of nitrogens with one attached hydrogen (secondary N) is 1. The van der Waals surface area contributed by atoms with Crippen molar-refractivity contribution in [2.75, 3.05) is 19.6 Å². The molecule has 0 aliphatic carbocycles. The summed E-state index contributed by atoms with van der Waals surface area (Å²) >= 11 is 0. The van der Waals surface area contributed by atoms with Crippen LogP contribution in [0.2, 0.25) is 0 Å². The quantitative estimate of drug-likeness (QED) is 0.861. The minimum absolute atomic E-state index is 0.0894. The van der Waals surface area contributed by atoms with Crippen molar-refractivity contribution in [2.45, 2.75) is 24.4 Å².